The Hall–Kier alpha value is -0.150. The van der Waals surface area contributed by atoms with E-state index in [0.29, 0.717) is 10.8 Å². The van der Waals surface area contributed by atoms with Gasteiger partial charge in [-0.05, 0) is 38.5 Å². The van der Waals surface area contributed by atoms with Crippen LogP contribution in [0.3, 0.4) is 0 Å². The molecule has 0 amide bonds. The first-order valence-corrected chi connectivity index (χ1v) is 7.62. The average Bonchev–Trinajstić information content (AvgIpc) is 2.33. The Balaban J connectivity index is 2.57. The van der Waals surface area contributed by atoms with E-state index < -0.39 is 0 Å². The highest BCUT2D eigenvalue weighted by molar-refractivity contribution is 7.99. The largest absolute Gasteiger partial charge is 0.308 e. The molecule has 1 aromatic rings. The predicted octanol–water partition coefficient (Wildman–Crippen LogP) is 4.99. The van der Waals surface area contributed by atoms with Gasteiger partial charge in [-0.1, -0.05) is 35.3 Å². The van der Waals surface area contributed by atoms with E-state index in [-0.39, 0.29) is 5.54 Å². The molecular formula is C14H19Cl2NS. The Bertz CT molecular complexity index is 411. The third-order valence-corrected chi connectivity index (χ3v) is 4.04. The molecule has 1 nitrogen and oxygen atoms in total. The lowest BCUT2D eigenvalue weighted by Gasteiger charge is -2.20. The van der Waals surface area contributed by atoms with Crippen molar-refractivity contribution in [2.24, 2.45) is 0 Å². The van der Waals surface area contributed by atoms with E-state index in [9.17, 15) is 0 Å². The summed E-state index contributed by atoms with van der Waals surface area (Å²) in [5.41, 5.74) is 2.83. The van der Waals surface area contributed by atoms with Gasteiger partial charge in [0.15, 0.2) is 0 Å². The Morgan fingerprint density at radius 2 is 2.11 bits per heavy atom. The summed E-state index contributed by atoms with van der Waals surface area (Å²) >= 11 is 13.1. The summed E-state index contributed by atoms with van der Waals surface area (Å²) in [6.07, 6.45) is 0. The van der Waals surface area contributed by atoms with Crippen LogP contribution in [0.5, 0.6) is 0 Å². The molecule has 1 rings (SSSR count). The van der Waals surface area contributed by atoms with Gasteiger partial charge < -0.3 is 5.32 Å². The van der Waals surface area contributed by atoms with E-state index in [1.807, 2.05) is 0 Å². The second-order valence-corrected chi connectivity index (χ2v) is 6.85. The van der Waals surface area contributed by atoms with Crippen LogP contribution < -0.4 is 5.32 Å². The Morgan fingerprint density at radius 3 is 2.72 bits per heavy atom. The van der Waals surface area contributed by atoms with E-state index in [2.05, 4.69) is 50.4 Å². The van der Waals surface area contributed by atoms with E-state index in [0.717, 1.165) is 6.54 Å². The van der Waals surface area contributed by atoms with Gasteiger partial charge >= 0.3 is 0 Å². The van der Waals surface area contributed by atoms with E-state index >= 15 is 0 Å². The second-order valence-electron chi connectivity index (χ2n) is 5.10. The molecule has 0 aliphatic heterocycles. The fourth-order valence-corrected chi connectivity index (χ4v) is 2.43. The van der Waals surface area contributed by atoms with Crippen molar-refractivity contribution in [3.63, 3.8) is 0 Å². The molecule has 1 N–H and O–H groups in total. The maximum absolute atomic E-state index is 5.87. The van der Waals surface area contributed by atoms with Crippen LogP contribution in [0.25, 0.3) is 0 Å². The molecule has 0 fully saturated rings. The zero-order valence-electron chi connectivity index (χ0n) is 11.0. The van der Waals surface area contributed by atoms with Gasteiger partial charge in [0.05, 0.1) is 0 Å². The van der Waals surface area contributed by atoms with Crippen LogP contribution in [0.1, 0.15) is 26.3 Å². The van der Waals surface area contributed by atoms with Crippen molar-refractivity contribution in [1.82, 2.24) is 5.32 Å². The van der Waals surface area contributed by atoms with E-state index in [1.54, 1.807) is 11.8 Å². The zero-order valence-corrected chi connectivity index (χ0v) is 13.3. The standard InChI is InChI=1S/C14H19Cl2NS/c1-14(2,3)17-9-11-5-4-6-13(7-11)18-10-12(16)8-15/h4-8,17H,9-10H2,1-3H3. The molecule has 0 radical (unpaired) electrons. The molecule has 4 heteroatoms. The summed E-state index contributed by atoms with van der Waals surface area (Å²) in [5.74, 6) is 0.710. The first kappa shape index (κ1) is 15.9. The van der Waals surface area contributed by atoms with Gasteiger partial charge in [0.1, 0.15) is 0 Å². The Morgan fingerprint density at radius 1 is 1.39 bits per heavy atom. The third kappa shape index (κ3) is 6.69. The monoisotopic (exact) mass is 303 g/mol. The molecule has 18 heavy (non-hydrogen) atoms. The van der Waals surface area contributed by atoms with Gasteiger partial charge in [0, 0.05) is 33.3 Å². The van der Waals surface area contributed by atoms with Gasteiger partial charge in [-0.3, -0.25) is 0 Å². The number of rotatable bonds is 5. The fraction of sp³-hybridized carbons (Fsp3) is 0.429. The van der Waals surface area contributed by atoms with E-state index in [1.165, 1.54) is 16.0 Å². The molecule has 0 aliphatic carbocycles. The molecule has 0 atom stereocenters. The summed E-state index contributed by atoms with van der Waals surface area (Å²) < 4.78 is 0. The minimum absolute atomic E-state index is 0.133. The van der Waals surface area contributed by atoms with Crippen LogP contribution in [-0.2, 0) is 6.54 Å². The lowest BCUT2D eigenvalue weighted by atomic mass is 10.1. The molecule has 0 saturated carbocycles. The minimum atomic E-state index is 0.133. The molecule has 0 saturated heterocycles. The van der Waals surface area contributed by atoms with Crippen molar-refractivity contribution in [3.05, 3.63) is 40.4 Å². The van der Waals surface area contributed by atoms with Gasteiger partial charge in [-0.15, -0.1) is 11.8 Å². The van der Waals surface area contributed by atoms with Crippen LogP contribution in [0.4, 0.5) is 0 Å². The molecule has 100 valence electrons. The molecule has 0 bridgehead atoms. The molecule has 0 heterocycles. The van der Waals surface area contributed by atoms with Crippen molar-refractivity contribution >= 4 is 35.0 Å². The summed E-state index contributed by atoms with van der Waals surface area (Å²) in [4.78, 5) is 1.21. The highest BCUT2D eigenvalue weighted by atomic mass is 35.5. The first-order chi connectivity index (χ1) is 8.40. The van der Waals surface area contributed by atoms with Crippen LogP contribution in [0.2, 0.25) is 0 Å². The molecule has 1 aromatic carbocycles. The number of benzene rings is 1. The molecule has 0 spiro atoms. The number of hydrogen-bond donors (Lipinski definition) is 1. The minimum Gasteiger partial charge on any atom is -0.308 e. The first-order valence-electron chi connectivity index (χ1n) is 5.82. The summed E-state index contributed by atoms with van der Waals surface area (Å²) in [6, 6.07) is 8.47. The maximum Gasteiger partial charge on any atom is 0.0396 e. The van der Waals surface area contributed by atoms with Gasteiger partial charge in [-0.25, -0.2) is 0 Å². The van der Waals surface area contributed by atoms with Crippen LogP contribution in [0.15, 0.2) is 39.7 Å². The number of nitrogens with one attached hydrogen (secondary N) is 1. The van der Waals surface area contributed by atoms with Crippen molar-refractivity contribution in [2.45, 2.75) is 37.8 Å². The summed E-state index contributed by atoms with van der Waals surface area (Å²) in [5, 5.41) is 4.14. The average molecular weight is 304 g/mol. The zero-order chi connectivity index (χ0) is 13.6. The fourth-order valence-electron chi connectivity index (χ4n) is 1.30. The Kier molecular flexibility index (Phi) is 6.58. The van der Waals surface area contributed by atoms with Crippen LogP contribution in [-0.4, -0.2) is 11.3 Å². The predicted molar refractivity (Wildman–Crippen MR) is 83.5 cm³/mol. The summed E-state index contributed by atoms with van der Waals surface area (Å²) in [7, 11) is 0. The molecule has 0 aliphatic rings. The number of thioether (sulfide) groups is 1. The lowest BCUT2D eigenvalue weighted by Crippen LogP contribution is -2.35. The lowest BCUT2D eigenvalue weighted by molar-refractivity contribution is 0.424. The van der Waals surface area contributed by atoms with Gasteiger partial charge in [0.25, 0.3) is 0 Å². The van der Waals surface area contributed by atoms with Crippen molar-refractivity contribution in [1.29, 1.82) is 0 Å². The SMILES string of the molecule is CC(C)(C)NCc1cccc(SCC(Cl)=CCl)c1. The van der Waals surface area contributed by atoms with Gasteiger partial charge in [-0.2, -0.15) is 0 Å². The van der Waals surface area contributed by atoms with Crippen LogP contribution >= 0.6 is 35.0 Å². The normalized spacial score (nSPS) is 12.8. The molecule has 0 unspecified atom stereocenters. The molecule has 0 aromatic heterocycles. The number of halogens is 2. The molecular weight excluding hydrogens is 285 g/mol. The topological polar surface area (TPSA) is 12.0 Å². The highest BCUT2D eigenvalue weighted by Crippen LogP contribution is 2.23. The number of hydrogen-bond acceptors (Lipinski definition) is 2. The van der Waals surface area contributed by atoms with Crippen molar-refractivity contribution in [2.75, 3.05) is 5.75 Å². The Labute approximate surface area is 124 Å². The highest BCUT2D eigenvalue weighted by Gasteiger charge is 2.08. The smallest absolute Gasteiger partial charge is 0.0396 e. The second kappa shape index (κ2) is 7.44. The summed E-state index contributed by atoms with van der Waals surface area (Å²) in [6.45, 7) is 7.36. The van der Waals surface area contributed by atoms with Crippen molar-refractivity contribution < 1.29 is 0 Å². The quantitative estimate of drug-likeness (QED) is 0.769. The van der Waals surface area contributed by atoms with Gasteiger partial charge in [0.2, 0.25) is 0 Å². The third-order valence-electron chi connectivity index (χ3n) is 2.22. The van der Waals surface area contributed by atoms with Crippen molar-refractivity contribution in [3.8, 4) is 0 Å². The van der Waals surface area contributed by atoms with E-state index in [4.69, 9.17) is 23.2 Å². The maximum atomic E-state index is 5.87. The van der Waals surface area contributed by atoms with Crippen LogP contribution in [0, 0.1) is 0 Å².